The number of methoxy groups -OCH3 is 1. The fourth-order valence-corrected chi connectivity index (χ4v) is 2.55. The van der Waals surface area contributed by atoms with Gasteiger partial charge in [-0.3, -0.25) is 0 Å². The summed E-state index contributed by atoms with van der Waals surface area (Å²) in [5, 5.41) is 9.51. The lowest BCUT2D eigenvalue weighted by molar-refractivity contribution is 0.242. The lowest BCUT2D eigenvalue weighted by atomic mass is 9.72. The van der Waals surface area contributed by atoms with Crippen molar-refractivity contribution in [2.45, 2.75) is 24.8 Å². The van der Waals surface area contributed by atoms with Crippen LogP contribution >= 0.6 is 11.6 Å². The average Bonchev–Trinajstić information content (AvgIpc) is 2.28. The maximum atomic E-state index is 13.6. The van der Waals surface area contributed by atoms with Gasteiger partial charge in [-0.25, -0.2) is 9.18 Å². The first-order chi connectivity index (χ1) is 8.55. The average molecular weight is 272 g/mol. The van der Waals surface area contributed by atoms with E-state index in [0.717, 1.165) is 12.5 Å². The number of isocyanates is 1. The van der Waals surface area contributed by atoms with Gasteiger partial charge in [-0.15, -0.1) is 0 Å². The highest BCUT2D eigenvalue weighted by molar-refractivity contribution is 6.32. The van der Waals surface area contributed by atoms with Crippen LogP contribution in [0.5, 0.6) is 11.5 Å². The predicted octanol–water partition coefficient (Wildman–Crippen LogP) is 2.91. The van der Waals surface area contributed by atoms with Gasteiger partial charge in [-0.05, 0) is 19.3 Å². The zero-order valence-electron chi connectivity index (χ0n) is 9.67. The molecule has 0 unspecified atom stereocenters. The Labute approximate surface area is 108 Å². The quantitative estimate of drug-likeness (QED) is 0.679. The number of ether oxygens (including phenoxy) is 1. The molecule has 1 saturated carbocycles. The molecule has 1 N–H and O–H groups in total. The van der Waals surface area contributed by atoms with E-state index in [4.69, 9.17) is 16.3 Å². The molecule has 6 heteroatoms. The van der Waals surface area contributed by atoms with E-state index in [1.807, 2.05) is 0 Å². The number of rotatable bonds is 3. The summed E-state index contributed by atoms with van der Waals surface area (Å²) in [6.45, 7) is 0. The van der Waals surface area contributed by atoms with Crippen molar-refractivity contribution < 1.29 is 19.0 Å². The fraction of sp³-hybridized carbons (Fsp3) is 0.417. The summed E-state index contributed by atoms with van der Waals surface area (Å²) in [5.74, 6) is -1.07. The first-order valence-electron chi connectivity index (χ1n) is 5.40. The molecule has 0 amide bonds. The lowest BCUT2D eigenvalue weighted by Crippen LogP contribution is -2.33. The highest BCUT2D eigenvalue weighted by atomic mass is 35.5. The lowest BCUT2D eigenvalue weighted by Gasteiger charge is -2.38. The maximum absolute atomic E-state index is 13.6. The van der Waals surface area contributed by atoms with Crippen LogP contribution in [0.15, 0.2) is 11.1 Å². The van der Waals surface area contributed by atoms with Crippen molar-refractivity contribution in [3.8, 4) is 11.5 Å². The molecule has 1 fully saturated rings. The molecule has 0 aliphatic heterocycles. The van der Waals surface area contributed by atoms with Crippen molar-refractivity contribution in [1.82, 2.24) is 0 Å². The van der Waals surface area contributed by atoms with Crippen LogP contribution in [0.3, 0.4) is 0 Å². The molecule has 18 heavy (non-hydrogen) atoms. The van der Waals surface area contributed by atoms with Gasteiger partial charge < -0.3 is 9.84 Å². The molecule has 0 bridgehead atoms. The number of aromatic hydroxyl groups is 1. The SMILES string of the molecule is COc1c(O)cc(F)c(Cl)c1C1(N=C=O)CCC1. The Kier molecular flexibility index (Phi) is 3.28. The summed E-state index contributed by atoms with van der Waals surface area (Å²) in [7, 11) is 1.34. The van der Waals surface area contributed by atoms with Gasteiger partial charge in [0.1, 0.15) is 11.4 Å². The Morgan fingerprint density at radius 1 is 1.61 bits per heavy atom. The van der Waals surface area contributed by atoms with Gasteiger partial charge >= 0.3 is 0 Å². The van der Waals surface area contributed by atoms with Gasteiger partial charge in [-0.1, -0.05) is 11.6 Å². The van der Waals surface area contributed by atoms with E-state index in [1.165, 1.54) is 13.2 Å². The van der Waals surface area contributed by atoms with Gasteiger partial charge in [0, 0.05) is 11.6 Å². The zero-order valence-corrected chi connectivity index (χ0v) is 10.4. The summed E-state index contributed by atoms with van der Waals surface area (Å²) >= 11 is 5.93. The number of benzene rings is 1. The van der Waals surface area contributed by atoms with Gasteiger partial charge in [0.25, 0.3) is 0 Å². The van der Waals surface area contributed by atoms with Crippen molar-refractivity contribution in [2.24, 2.45) is 4.99 Å². The number of phenols is 1. The van der Waals surface area contributed by atoms with Gasteiger partial charge in [0.2, 0.25) is 6.08 Å². The molecule has 2 rings (SSSR count). The van der Waals surface area contributed by atoms with Crippen LogP contribution in [0.4, 0.5) is 4.39 Å². The van der Waals surface area contributed by atoms with E-state index in [-0.39, 0.29) is 22.1 Å². The van der Waals surface area contributed by atoms with E-state index >= 15 is 0 Å². The van der Waals surface area contributed by atoms with Crippen LogP contribution in [-0.4, -0.2) is 18.3 Å². The minimum atomic E-state index is -0.927. The normalized spacial score (nSPS) is 16.6. The molecule has 1 aromatic carbocycles. The predicted molar refractivity (Wildman–Crippen MR) is 63.3 cm³/mol. The van der Waals surface area contributed by atoms with E-state index in [0.29, 0.717) is 12.8 Å². The Bertz CT molecular complexity index is 537. The summed E-state index contributed by atoms with van der Waals surface area (Å²) in [6.07, 6.45) is 3.40. The Morgan fingerprint density at radius 3 is 2.72 bits per heavy atom. The number of carbonyl (C=O) groups excluding carboxylic acids is 1. The number of halogens is 2. The van der Waals surface area contributed by atoms with E-state index < -0.39 is 11.4 Å². The van der Waals surface area contributed by atoms with E-state index in [9.17, 15) is 14.3 Å². The van der Waals surface area contributed by atoms with Crippen LogP contribution < -0.4 is 4.74 Å². The summed E-state index contributed by atoms with van der Waals surface area (Å²) in [6, 6.07) is 0.877. The summed E-state index contributed by atoms with van der Waals surface area (Å²) < 4.78 is 18.6. The molecular weight excluding hydrogens is 261 g/mol. The van der Waals surface area contributed by atoms with E-state index in [2.05, 4.69) is 4.99 Å². The highest BCUT2D eigenvalue weighted by Crippen LogP contribution is 2.53. The Balaban J connectivity index is 2.72. The third kappa shape index (κ3) is 1.76. The summed E-state index contributed by atoms with van der Waals surface area (Å²) in [5.41, 5.74) is -0.706. The molecule has 96 valence electrons. The smallest absolute Gasteiger partial charge is 0.235 e. The van der Waals surface area contributed by atoms with Crippen LogP contribution in [0.1, 0.15) is 24.8 Å². The van der Waals surface area contributed by atoms with Crippen molar-refractivity contribution in [3.05, 3.63) is 22.5 Å². The van der Waals surface area contributed by atoms with Gasteiger partial charge in [-0.2, -0.15) is 4.99 Å². The van der Waals surface area contributed by atoms with Crippen molar-refractivity contribution >= 4 is 17.7 Å². The number of hydrogen-bond donors (Lipinski definition) is 1. The van der Waals surface area contributed by atoms with Crippen LogP contribution in [0.25, 0.3) is 0 Å². The van der Waals surface area contributed by atoms with Crippen LogP contribution in [0, 0.1) is 5.82 Å². The second-order valence-corrected chi connectivity index (χ2v) is 4.57. The van der Waals surface area contributed by atoms with Crippen LogP contribution in [-0.2, 0) is 10.3 Å². The van der Waals surface area contributed by atoms with Crippen molar-refractivity contribution in [1.29, 1.82) is 0 Å². The van der Waals surface area contributed by atoms with Crippen LogP contribution in [0.2, 0.25) is 5.02 Å². The second-order valence-electron chi connectivity index (χ2n) is 4.19. The number of aliphatic imine (C=N–C) groups is 1. The molecule has 1 aliphatic carbocycles. The summed E-state index contributed by atoms with van der Waals surface area (Å²) in [4.78, 5) is 14.3. The topological polar surface area (TPSA) is 58.9 Å². The molecule has 0 saturated heterocycles. The molecule has 0 radical (unpaired) electrons. The molecule has 0 atom stereocenters. The monoisotopic (exact) mass is 271 g/mol. The third-order valence-electron chi connectivity index (χ3n) is 3.26. The first kappa shape index (κ1) is 12.9. The Morgan fingerprint density at radius 2 is 2.28 bits per heavy atom. The third-order valence-corrected chi connectivity index (χ3v) is 3.63. The van der Waals surface area contributed by atoms with Crippen molar-refractivity contribution in [3.63, 3.8) is 0 Å². The molecule has 0 heterocycles. The zero-order chi connectivity index (χ0) is 13.3. The molecule has 4 nitrogen and oxygen atoms in total. The number of hydrogen-bond acceptors (Lipinski definition) is 4. The largest absolute Gasteiger partial charge is 0.504 e. The Hall–Kier alpha value is -1.58. The fourth-order valence-electron chi connectivity index (χ4n) is 2.24. The maximum Gasteiger partial charge on any atom is 0.235 e. The van der Waals surface area contributed by atoms with Gasteiger partial charge in [0.15, 0.2) is 11.5 Å². The molecule has 1 aromatic rings. The number of phenolic OH excluding ortho intramolecular Hbond substituents is 1. The minimum Gasteiger partial charge on any atom is -0.504 e. The molecule has 0 aromatic heterocycles. The standard InChI is InChI=1S/C12H11ClFNO3/c1-18-11-8(17)5-7(14)10(13)9(11)12(15-6-16)3-2-4-12/h5,17H,2-4H2,1H3. The minimum absolute atomic E-state index is 0.0556. The van der Waals surface area contributed by atoms with E-state index in [1.54, 1.807) is 0 Å². The molecule has 1 aliphatic rings. The van der Waals surface area contributed by atoms with Crippen molar-refractivity contribution in [2.75, 3.05) is 7.11 Å². The molecular formula is C12H11ClFNO3. The highest BCUT2D eigenvalue weighted by Gasteiger charge is 2.44. The number of nitrogens with zero attached hydrogens (tertiary/aromatic N) is 1. The molecule has 0 spiro atoms. The first-order valence-corrected chi connectivity index (χ1v) is 5.78. The second kappa shape index (κ2) is 4.59. The van der Waals surface area contributed by atoms with Gasteiger partial charge in [0.05, 0.1) is 12.1 Å².